The Bertz CT molecular complexity index is 1230. The van der Waals surface area contributed by atoms with Crippen molar-refractivity contribution in [1.82, 2.24) is 15.2 Å². The second-order valence-electron chi connectivity index (χ2n) is 10.5. The molecule has 0 radical (unpaired) electrons. The average Bonchev–Trinajstić information content (AvgIpc) is 2.83. The van der Waals surface area contributed by atoms with Crippen LogP contribution in [-0.2, 0) is 12.0 Å². The maximum atomic E-state index is 14.4. The first kappa shape index (κ1) is 25.7. The molecule has 11 heteroatoms. The molecule has 2 bridgehead atoms. The predicted octanol–water partition coefficient (Wildman–Crippen LogP) is 3.86. The number of nitrogens with one attached hydrogen (secondary N) is 3. The molecule has 2 aromatic rings. The number of alkyl halides is 4. The number of hydrogen-bond acceptors (Lipinski definition) is 4. The molecule has 1 saturated heterocycles. The first-order chi connectivity index (χ1) is 17.6. The third-order valence-electron chi connectivity index (χ3n) is 7.92. The topological polar surface area (TPSA) is 75.2 Å². The van der Waals surface area contributed by atoms with E-state index in [0.717, 1.165) is 6.07 Å². The average molecular weight is 525 g/mol. The van der Waals surface area contributed by atoms with Gasteiger partial charge >= 0.3 is 0 Å². The number of amides is 1. The molecule has 1 aromatic carbocycles. The number of aromatic nitrogens is 1. The molecule has 0 spiro atoms. The van der Waals surface area contributed by atoms with Gasteiger partial charge < -0.3 is 20.5 Å². The van der Waals surface area contributed by atoms with Gasteiger partial charge in [0, 0.05) is 56.6 Å². The molecule has 1 amide bonds. The summed E-state index contributed by atoms with van der Waals surface area (Å²) in [7, 11) is 0. The van der Waals surface area contributed by atoms with Gasteiger partial charge in [0.15, 0.2) is 0 Å². The monoisotopic (exact) mass is 524 g/mol. The van der Waals surface area contributed by atoms with E-state index in [1.165, 1.54) is 29.0 Å². The Morgan fingerprint density at radius 3 is 2.68 bits per heavy atom. The first-order valence-electron chi connectivity index (χ1n) is 12.5. The molecule has 4 aliphatic rings. The van der Waals surface area contributed by atoms with Crippen LogP contribution < -0.4 is 21.5 Å². The molecule has 2 heterocycles. The molecular weight excluding hydrogens is 495 g/mol. The zero-order valence-corrected chi connectivity index (χ0v) is 20.1. The number of carbonyl (C=O) groups is 1. The Morgan fingerprint density at radius 2 is 2.00 bits per heavy atom. The van der Waals surface area contributed by atoms with Crippen molar-refractivity contribution in [3.8, 4) is 0 Å². The van der Waals surface area contributed by atoms with Crippen LogP contribution in [0.25, 0.3) is 0 Å². The van der Waals surface area contributed by atoms with E-state index < -0.39 is 41.6 Å². The Balaban J connectivity index is 1.37. The second-order valence-corrected chi connectivity index (χ2v) is 10.5. The smallest absolute Gasteiger partial charge is 0.266 e. The van der Waals surface area contributed by atoms with Gasteiger partial charge in [-0.05, 0) is 24.9 Å². The minimum Gasteiger partial charge on any atom is -0.381 e. The van der Waals surface area contributed by atoms with E-state index in [0.29, 0.717) is 19.5 Å². The summed E-state index contributed by atoms with van der Waals surface area (Å²) in [6.07, 6.45) is -0.321. The Morgan fingerprint density at radius 1 is 1.24 bits per heavy atom. The maximum absolute atomic E-state index is 14.4. The van der Waals surface area contributed by atoms with E-state index in [-0.39, 0.29) is 66.6 Å². The minimum absolute atomic E-state index is 0.0208. The van der Waals surface area contributed by atoms with Gasteiger partial charge in [-0.15, -0.1) is 0 Å². The van der Waals surface area contributed by atoms with Gasteiger partial charge in [-0.25, -0.2) is 17.6 Å². The molecular formula is C26H29F5N4O2. The van der Waals surface area contributed by atoms with Gasteiger partial charge in [0.05, 0.1) is 29.0 Å². The lowest BCUT2D eigenvalue weighted by molar-refractivity contribution is -0.199. The van der Waals surface area contributed by atoms with Crippen LogP contribution >= 0.6 is 0 Å². The SMILES string of the molecule is O=C(NCCc1cccc(C(F)F)c1F)c1cn(C23CC(F)(C2)C3)c(=O)cc1N[C@H]1CCNC[C@H]1CF. The largest absolute Gasteiger partial charge is 0.381 e. The number of nitrogens with zero attached hydrogens (tertiary/aromatic N) is 1. The van der Waals surface area contributed by atoms with E-state index in [1.807, 2.05) is 0 Å². The van der Waals surface area contributed by atoms with E-state index in [4.69, 9.17) is 0 Å². The van der Waals surface area contributed by atoms with Crippen molar-refractivity contribution in [3.63, 3.8) is 0 Å². The van der Waals surface area contributed by atoms with Crippen molar-refractivity contribution in [1.29, 1.82) is 0 Å². The summed E-state index contributed by atoms with van der Waals surface area (Å²) >= 11 is 0. The molecule has 4 fully saturated rings. The van der Waals surface area contributed by atoms with Crippen molar-refractivity contribution in [2.75, 3.05) is 31.6 Å². The van der Waals surface area contributed by atoms with Gasteiger partial charge in [-0.2, -0.15) is 0 Å². The third kappa shape index (κ3) is 4.73. The fraction of sp³-hybridized carbons (Fsp3) is 0.538. The number of anilines is 1. The number of halogens is 5. The Kier molecular flexibility index (Phi) is 6.76. The molecule has 37 heavy (non-hydrogen) atoms. The lowest BCUT2D eigenvalue weighted by Gasteiger charge is -2.66. The van der Waals surface area contributed by atoms with Crippen LogP contribution in [-0.4, -0.2) is 48.5 Å². The summed E-state index contributed by atoms with van der Waals surface area (Å²) < 4.78 is 69.5. The molecule has 2 atom stereocenters. The highest BCUT2D eigenvalue weighted by Crippen LogP contribution is 2.67. The zero-order chi connectivity index (χ0) is 26.4. The summed E-state index contributed by atoms with van der Waals surface area (Å²) in [5.74, 6) is -1.91. The summed E-state index contributed by atoms with van der Waals surface area (Å²) in [6.45, 7) is 0.490. The van der Waals surface area contributed by atoms with Crippen molar-refractivity contribution in [3.05, 3.63) is 63.3 Å². The third-order valence-corrected chi connectivity index (χ3v) is 7.92. The van der Waals surface area contributed by atoms with Gasteiger partial charge in [0.25, 0.3) is 17.9 Å². The van der Waals surface area contributed by atoms with Crippen LogP contribution in [0.2, 0.25) is 0 Å². The molecule has 1 aromatic heterocycles. The van der Waals surface area contributed by atoms with Crippen molar-refractivity contribution in [2.24, 2.45) is 5.92 Å². The molecule has 3 N–H and O–H groups in total. The zero-order valence-electron chi connectivity index (χ0n) is 20.1. The quantitative estimate of drug-likeness (QED) is 0.436. The van der Waals surface area contributed by atoms with Gasteiger partial charge in [-0.1, -0.05) is 18.2 Å². The van der Waals surface area contributed by atoms with Crippen LogP contribution in [0.1, 0.15) is 53.6 Å². The van der Waals surface area contributed by atoms with Crippen molar-refractivity contribution >= 4 is 11.6 Å². The number of hydrogen-bond donors (Lipinski definition) is 3. The van der Waals surface area contributed by atoms with Gasteiger partial charge in [0.1, 0.15) is 11.5 Å². The van der Waals surface area contributed by atoms with Crippen LogP contribution in [0.15, 0.2) is 35.3 Å². The number of piperidine rings is 1. The van der Waals surface area contributed by atoms with Crippen LogP contribution in [0.4, 0.5) is 27.6 Å². The molecule has 1 aliphatic heterocycles. The normalized spacial score (nSPS) is 28.4. The molecule has 3 aliphatic carbocycles. The van der Waals surface area contributed by atoms with Crippen LogP contribution in [0.3, 0.4) is 0 Å². The number of rotatable bonds is 9. The van der Waals surface area contributed by atoms with Crippen molar-refractivity contribution in [2.45, 2.75) is 55.8 Å². The van der Waals surface area contributed by atoms with Gasteiger partial charge in [0.2, 0.25) is 0 Å². The minimum atomic E-state index is -2.95. The standard InChI is InChI=1S/C26H29F5N4O2/c27-9-16-10-32-6-5-19(16)34-20-8-21(36)35(26-12-25(31,13-26)14-26)11-18(20)24(37)33-7-4-15-2-1-3-17(22(15)28)23(29)30/h1-3,8,11,16,19,23,32,34H,4-7,9-10,12-14H2,(H,33,37)/t16-,19+,25?,26?/m1/s1. The summed E-state index contributed by atoms with van der Waals surface area (Å²) in [4.78, 5) is 26.2. The lowest BCUT2D eigenvalue weighted by Crippen LogP contribution is -2.71. The molecule has 200 valence electrons. The molecule has 3 saturated carbocycles. The molecule has 6 nitrogen and oxygen atoms in total. The fourth-order valence-electron chi connectivity index (χ4n) is 5.92. The highest BCUT2D eigenvalue weighted by Gasteiger charge is 2.70. The second kappa shape index (κ2) is 9.74. The van der Waals surface area contributed by atoms with Crippen LogP contribution in [0, 0.1) is 11.7 Å². The number of benzene rings is 1. The highest BCUT2D eigenvalue weighted by molar-refractivity contribution is 5.99. The Hall–Kier alpha value is -2.95. The first-order valence-corrected chi connectivity index (χ1v) is 12.5. The Labute approximate surface area is 210 Å². The van der Waals surface area contributed by atoms with E-state index in [1.54, 1.807) is 0 Å². The predicted molar refractivity (Wildman–Crippen MR) is 128 cm³/mol. The lowest BCUT2D eigenvalue weighted by atomic mass is 9.47. The fourth-order valence-corrected chi connectivity index (χ4v) is 5.92. The number of carbonyl (C=O) groups excluding carboxylic acids is 1. The van der Waals surface area contributed by atoms with Crippen LogP contribution in [0.5, 0.6) is 0 Å². The van der Waals surface area contributed by atoms with E-state index in [2.05, 4.69) is 16.0 Å². The number of pyridine rings is 1. The van der Waals surface area contributed by atoms with E-state index in [9.17, 15) is 31.5 Å². The molecule has 6 rings (SSSR count). The van der Waals surface area contributed by atoms with Gasteiger partial charge in [-0.3, -0.25) is 14.0 Å². The highest BCUT2D eigenvalue weighted by atomic mass is 19.3. The maximum Gasteiger partial charge on any atom is 0.266 e. The summed E-state index contributed by atoms with van der Waals surface area (Å²) in [6, 6.07) is 4.72. The molecule has 0 unspecified atom stereocenters. The van der Waals surface area contributed by atoms with E-state index >= 15 is 0 Å². The summed E-state index contributed by atoms with van der Waals surface area (Å²) in [5.41, 5.74) is -2.54. The van der Waals surface area contributed by atoms with Crippen molar-refractivity contribution < 1.29 is 26.7 Å². The summed E-state index contributed by atoms with van der Waals surface area (Å²) in [5, 5.41) is 8.97.